The van der Waals surface area contributed by atoms with Gasteiger partial charge in [0, 0.05) is 6.04 Å². The topological polar surface area (TPSA) is 56.8 Å². The number of nitrogens with one attached hydrogen (secondary N) is 1. The van der Waals surface area contributed by atoms with E-state index in [0.29, 0.717) is 13.2 Å². The predicted octanol–water partition coefficient (Wildman–Crippen LogP) is 2.05. The molecule has 4 unspecified atom stereocenters. The van der Waals surface area contributed by atoms with Crippen molar-refractivity contribution < 1.29 is 23.4 Å². The maximum absolute atomic E-state index is 13.6. The Hall–Kier alpha value is -1.66. The van der Waals surface area contributed by atoms with Crippen LogP contribution in [-0.4, -0.2) is 43.5 Å². The zero-order chi connectivity index (χ0) is 16.2. The molecule has 0 spiro atoms. The van der Waals surface area contributed by atoms with Crippen molar-refractivity contribution in [1.82, 2.24) is 5.32 Å². The molecular weight excluding hydrogens is 301 g/mol. The molecule has 2 aliphatic rings. The zero-order valence-corrected chi connectivity index (χ0v) is 13.2. The van der Waals surface area contributed by atoms with Gasteiger partial charge in [0.2, 0.25) is 0 Å². The summed E-state index contributed by atoms with van der Waals surface area (Å²) in [5.41, 5.74) is 0. The third kappa shape index (κ3) is 4.00. The summed E-state index contributed by atoms with van der Waals surface area (Å²) in [5, 5.41) is 2.97. The number of para-hydroxylation sites is 1. The first-order valence-electron chi connectivity index (χ1n) is 8.08. The summed E-state index contributed by atoms with van der Waals surface area (Å²) < 4.78 is 30.4. The van der Waals surface area contributed by atoms with E-state index in [0.717, 1.165) is 19.3 Å². The molecule has 0 radical (unpaired) electrons. The Balaban J connectivity index is 1.51. The van der Waals surface area contributed by atoms with Crippen molar-refractivity contribution in [3.63, 3.8) is 0 Å². The van der Waals surface area contributed by atoms with Crippen LogP contribution in [0.15, 0.2) is 24.3 Å². The molecule has 1 amide bonds. The average Bonchev–Trinajstić information content (AvgIpc) is 2.56. The molecule has 1 aliphatic carbocycles. The Bertz CT molecular complexity index is 553. The fourth-order valence-electron chi connectivity index (χ4n) is 3.10. The molecule has 5 nitrogen and oxygen atoms in total. The van der Waals surface area contributed by atoms with Gasteiger partial charge in [0.1, 0.15) is 0 Å². The Labute approximate surface area is 135 Å². The van der Waals surface area contributed by atoms with Crippen molar-refractivity contribution in [3.05, 3.63) is 30.1 Å². The van der Waals surface area contributed by atoms with Gasteiger partial charge in [-0.05, 0) is 38.3 Å². The monoisotopic (exact) mass is 323 g/mol. The number of carbonyl (C=O) groups is 1. The molecule has 1 aromatic rings. The Morgan fingerprint density at radius 3 is 2.78 bits per heavy atom. The number of fused-ring (bicyclic) bond motifs is 1. The average molecular weight is 323 g/mol. The second-order valence-electron chi connectivity index (χ2n) is 6.03. The van der Waals surface area contributed by atoms with Gasteiger partial charge in [-0.2, -0.15) is 0 Å². The van der Waals surface area contributed by atoms with Crippen LogP contribution >= 0.6 is 0 Å². The molecule has 1 saturated heterocycles. The SMILES string of the molecule is CC(Oc1ccccc1F)C(=O)NC1CCC2OCCOC2C1. The first-order valence-corrected chi connectivity index (χ1v) is 8.08. The lowest BCUT2D eigenvalue weighted by atomic mass is 9.89. The summed E-state index contributed by atoms with van der Waals surface area (Å²) in [6.45, 7) is 2.87. The quantitative estimate of drug-likeness (QED) is 0.921. The van der Waals surface area contributed by atoms with Gasteiger partial charge in [-0.25, -0.2) is 4.39 Å². The highest BCUT2D eigenvalue weighted by molar-refractivity contribution is 5.81. The molecule has 1 heterocycles. The number of hydrogen-bond donors (Lipinski definition) is 1. The van der Waals surface area contributed by atoms with Crippen LogP contribution in [0.2, 0.25) is 0 Å². The summed E-state index contributed by atoms with van der Waals surface area (Å²) in [6, 6.07) is 6.11. The molecule has 0 aromatic heterocycles. The number of hydrogen-bond acceptors (Lipinski definition) is 4. The van der Waals surface area contributed by atoms with Crippen LogP contribution in [0.3, 0.4) is 0 Å². The van der Waals surface area contributed by atoms with E-state index >= 15 is 0 Å². The molecule has 23 heavy (non-hydrogen) atoms. The maximum atomic E-state index is 13.6. The van der Waals surface area contributed by atoms with Gasteiger partial charge in [-0.15, -0.1) is 0 Å². The maximum Gasteiger partial charge on any atom is 0.260 e. The number of halogens is 1. The molecule has 1 saturated carbocycles. The van der Waals surface area contributed by atoms with Gasteiger partial charge in [-0.1, -0.05) is 12.1 Å². The molecule has 1 aromatic carbocycles. The van der Waals surface area contributed by atoms with Gasteiger partial charge in [0.15, 0.2) is 17.7 Å². The van der Waals surface area contributed by atoms with E-state index in [2.05, 4.69) is 5.32 Å². The molecule has 2 fully saturated rings. The summed E-state index contributed by atoms with van der Waals surface area (Å²) in [7, 11) is 0. The lowest BCUT2D eigenvalue weighted by Gasteiger charge is -2.39. The van der Waals surface area contributed by atoms with Crippen LogP contribution in [0.4, 0.5) is 4.39 Å². The van der Waals surface area contributed by atoms with Crippen LogP contribution < -0.4 is 10.1 Å². The Morgan fingerprint density at radius 1 is 1.26 bits per heavy atom. The minimum atomic E-state index is -0.756. The Morgan fingerprint density at radius 2 is 2.00 bits per heavy atom. The fraction of sp³-hybridized carbons (Fsp3) is 0.588. The van der Waals surface area contributed by atoms with Crippen LogP contribution in [0.1, 0.15) is 26.2 Å². The molecule has 0 bridgehead atoms. The fourth-order valence-corrected chi connectivity index (χ4v) is 3.10. The van der Waals surface area contributed by atoms with E-state index in [-0.39, 0.29) is 29.9 Å². The molecule has 126 valence electrons. The first kappa shape index (κ1) is 16.2. The number of carbonyl (C=O) groups excluding carboxylic acids is 1. The van der Waals surface area contributed by atoms with Crippen LogP contribution in [0, 0.1) is 5.82 Å². The van der Waals surface area contributed by atoms with Crippen LogP contribution in [-0.2, 0) is 14.3 Å². The van der Waals surface area contributed by atoms with E-state index in [1.165, 1.54) is 12.1 Å². The van der Waals surface area contributed by atoms with Gasteiger partial charge in [-0.3, -0.25) is 4.79 Å². The van der Waals surface area contributed by atoms with E-state index in [4.69, 9.17) is 14.2 Å². The van der Waals surface area contributed by atoms with Crippen molar-refractivity contribution >= 4 is 5.91 Å². The number of benzene rings is 1. The zero-order valence-electron chi connectivity index (χ0n) is 13.2. The normalized spacial score (nSPS) is 28.5. The van der Waals surface area contributed by atoms with Crippen molar-refractivity contribution in [2.45, 2.75) is 50.5 Å². The van der Waals surface area contributed by atoms with Crippen LogP contribution in [0.25, 0.3) is 0 Å². The molecule has 1 aliphatic heterocycles. The summed E-state index contributed by atoms with van der Waals surface area (Å²) in [5.74, 6) is -0.628. The predicted molar refractivity (Wildman–Crippen MR) is 81.8 cm³/mol. The highest BCUT2D eigenvalue weighted by Crippen LogP contribution is 2.27. The summed E-state index contributed by atoms with van der Waals surface area (Å²) >= 11 is 0. The van der Waals surface area contributed by atoms with Crippen molar-refractivity contribution in [1.29, 1.82) is 0 Å². The molecular formula is C17H22FNO4. The minimum Gasteiger partial charge on any atom is -0.478 e. The van der Waals surface area contributed by atoms with E-state index in [9.17, 15) is 9.18 Å². The lowest BCUT2D eigenvalue weighted by Crippen LogP contribution is -2.51. The van der Waals surface area contributed by atoms with Crippen molar-refractivity contribution in [3.8, 4) is 5.75 Å². The van der Waals surface area contributed by atoms with Gasteiger partial charge >= 0.3 is 0 Å². The lowest BCUT2D eigenvalue weighted by molar-refractivity contribution is -0.159. The van der Waals surface area contributed by atoms with Crippen molar-refractivity contribution in [2.24, 2.45) is 0 Å². The van der Waals surface area contributed by atoms with E-state index in [1.54, 1.807) is 19.1 Å². The summed E-state index contributed by atoms with van der Waals surface area (Å²) in [4.78, 5) is 12.3. The van der Waals surface area contributed by atoms with Gasteiger partial charge in [0.05, 0.1) is 25.4 Å². The third-order valence-electron chi connectivity index (χ3n) is 4.33. The second kappa shape index (κ2) is 7.27. The highest BCUT2D eigenvalue weighted by Gasteiger charge is 2.35. The standard InChI is InChI=1S/C17H22FNO4/c1-11(23-14-5-3-2-4-13(14)18)17(20)19-12-6-7-15-16(10-12)22-9-8-21-15/h2-5,11-12,15-16H,6-10H2,1H3,(H,19,20). The molecule has 3 rings (SSSR count). The number of ether oxygens (including phenoxy) is 3. The minimum absolute atomic E-state index is 0.0390. The third-order valence-corrected chi connectivity index (χ3v) is 4.33. The molecule has 1 N–H and O–H groups in total. The van der Waals surface area contributed by atoms with Crippen LogP contribution in [0.5, 0.6) is 5.75 Å². The Kier molecular flexibility index (Phi) is 5.13. The molecule has 6 heteroatoms. The van der Waals surface area contributed by atoms with Gasteiger partial charge < -0.3 is 19.5 Å². The van der Waals surface area contributed by atoms with Crippen molar-refractivity contribution in [2.75, 3.05) is 13.2 Å². The largest absolute Gasteiger partial charge is 0.478 e. The van der Waals surface area contributed by atoms with E-state index < -0.39 is 11.9 Å². The van der Waals surface area contributed by atoms with Gasteiger partial charge in [0.25, 0.3) is 5.91 Å². The van der Waals surface area contributed by atoms with E-state index in [1.807, 2.05) is 0 Å². The summed E-state index contributed by atoms with van der Waals surface area (Å²) in [6.07, 6.45) is 1.90. The number of amides is 1. The first-order chi connectivity index (χ1) is 11.1. The second-order valence-corrected chi connectivity index (χ2v) is 6.03. The smallest absolute Gasteiger partial charge is 0.260 e. The number of rotatable bonds is 4. The highest BCUT2D eigenvalue weighted by atomic mass is 19.1. The molecule has 4 atom stereocenters.